The Morgan fingerprint density at radius 3 is 1.33 bits per heavy atom. The summed E-state index contributed by atoms with van der Waals surface area (Å²) < 4.78 is 17.7. The van der Waals surface area contributed by atoms with Gasteiger partial charge < -0.3 is 19.9 Å². The summed E-state index contributed by atoms with van der Waals surface area (Å²) in [7, 11) is 0. The van der Waals surface area contributed by atoms with Crippen LogP contribution in [0.15, 0.2) is 18.2 Å². The molecule has 0 saturated carbocycles. The summed E-state index contributed by atoms with van der Waals surface area (Å²) in [5.41, 5.74) is 5.66. The Morgan fingerprint density at radius 1 is 0.708 bits per heavy atom. The summed E-state index contributed by atoms with van der Waals surface area (Å²) in [6.07, 6.45) is 2.20. The molecular formula is C20H35NO3. The molecule has 0 aliphatic heterocycles. The average molecular weight is 338 g/mol. The van der Waals surface area contributed by atoms with Crippen LogP contribution in [0.3, 0.4) is 0 Å². The minimum absolute atomic E-state index is 0.319. The molecular weight excluding hydrogens is 302 g/mol. The van der Waals surface area contributed by atoms with Crippen LogP contribution >= 0.6 is 0 Å². The third-order valence-electron chi connectivity index (χ3n) is 4.25. The predicted molar refractivity (Wildman–Crippen MR) is 100 cm³/mol. The van der Waals surface area contributed by atoms with Gasteiger partial charge in [0, 0.05) is 24.1 Å². The largest absolute Gasteiger partial charge is 0.493 e. The zero-order valence-electron chi connectivity index (χ0n) is 16.0. The molecule has 0 aromatic heterocycles. The second-order valence-corrected chi connectivity index (χ2v) is 6.94. The lowest BCUT2D eigenvalue weighted by Crippen LogP contribution is -2.18. The van der Waals surface area contributed by atoms with Gasteiger partial charge in [-0.3, -0.25) is 0 Å². The molecule has 0 saturated heterocycles. The third-order valence-corrected chi connectivity index (χ3v) is 4.25. The van der Waals surface area contributed by atoms with Crippen LogP contribution in [0.5, 0.6) is 17.2 Å². The standard InChI is InChI=1S/C20H35NO3/c1-6-15(3)12-22-18-8-19(23-13-16(4)7-2)10-20(9-18)24-14-17(5)11-21/h8-10,15-17H,6-7,11-14,21H2,1-5H3. The summed E-state index contributed by atoms with van der Waals surface area (Å²) in [6, 6.07) is 5.81. The summed E-state index contributed by atoms with van der Waals surface area (Å²) >= 11 is 0. The van der Waals surface area contributed by atoms with Crippen molar-refractivity contribution < 1.29 is 14.2 Å². The zero-order valence-corrected chi connectivity index (χ0v) is 16.0. The van der Waals surface area contributed by atoms with E-state index in [0.29, 0.717) is 44.1 Å². The molecule has 1 rings (SSSR count). The van der Waals surface area contributed by atoms with Gasteiger partial charge in [0.1, 0.15) is 17.2 Å². The van der Waals surface area contributed by atoms with Gasteiger partial charge in [-0.2, -0.15) is 0 Å². The van der Waals surface area contributed by atoms with Crippen molar-refractivity contribution in [2.45, 2.75) is 47.5 Å². The van der Waals surface area contributed by atoms with Gasteiger partial charge in [0.15, 0.2) is 0 Å². The Kier molecular flexibility index (Phi) is 9.62. The lowest BCUT2D eigenvalue weighted by Gasteiger charge is -2.17. The molecule has 4 heteroatoms. The van der Waals surface area contributed by atoms with E-state index in [1.807, 2.05) is 18.2 Å². The molecule has 0 aliphatic rings. The van der Waals surface area contributed by atoms with Crippen molar-refractivity contribution in [3.8, 4) is 17.2 Å². The quantitative estimate of drug-likeness (QED) is 0.610. The topological polar surface area (TPSA) is 53.7 Å². The van der Waals surface area contributed by atoms with Crippen LogP contribution < -0.4 is 19.9 Å². The van der Waals surface area contributed by atoms with Gasteiger partial charge in [-0.25, -0.2) is 0 Å². The highest BCUT2D eigenvalue weighted by molar-refractivity contribution is 5.42. The Balaban J connectivity index is 2.79. The Hall–Kier alpha value is -1.42. The van der Waals surface area contributed by atoms with Crippen molar-refractivity contribution >= 4 is 0 Å². The molecule has 0 amide bonds. The fourth-order valence-electron chi connectivity index (χ4n) is 1.81. The van der Waals surface area contributed by atoms with Crippen LogP contribution in [0.2, 0.25) is 0 Å². The molecule has 0 bridgehead atoms. The van der Waals surface area contributed by atoms with Gasteiger partial charge in [0.25, 0.3) is 0 Å². The average Bonchev–Trinajstić information content (AvgIpc) is 2.61. The number of benzene rings is 1. The molecule has 0 heterocycles. The minimum atomic E-state index is 0.319. The molecule has 0 radical (unpaired) electrons. The SMILES string of the molecule is CCC(C)COc1cc(OCC(C)CC)cc(OCC(C)CN)c1. The van der Waals surface area contributed by atoms with Crippen LogP contribution in [0.25, 0.3) is 0 Å². The number of hydrogen-bond acceptors (Lipinski definition) is 4. The smallest absolute Gasteiger partial charge is 0.126 e. The molecule has 138 valence electrons. The molecule has 3 unspecified atom stereocenters. The molecule has 1 aromatic carbocycles. The molecule has 2 N–H and O–H groups in total. The van der Waals surface area contributed by atoms with Gasteiger partial charge in [-0.05, 0) is 18.4 Å². The first-order valence-electron chi connectivity index (χ1n) is 9.21. The maximum atomic E-state index is 5.92. The fourth-order valence-corrected chi connectivity index (χ4v) is 1.81. The van der Waals surface area contributed by atoms with Crippen LogP contribution in [0.1, 0.15) is 47.5 Å². The van der Waals surface area contributed by atoms with E-state index in [0.717, 1.165) is 30.1 Å². The van der Waals surface area contributed by atoms with Gasteiger partial charge >= 0.3 is 0 Å². The van der Waals surface area contributed by atoms with Gasteiger partial charge in [0.2, 0.25) is 0 Å². The highest BCUT2D eigenvalue weighted by Gasteiger charge is 2.09. The zero-order chi connectivity index (χ0) is 17.9. The summed E-state index contributed by atoms with van der Waals surface area (Å²) in [6.45, 7) is 13.4. The van der Waals surface area contributed by atoms with Crippen LogP contribution in [0, 0.1) is 17.8 Å². The molecule has 3 atom stereocenters. The Morgan fingerprint density at radius 2 is 1.04 bits per heavy atom. The van der Waals surface area contributed by atoms with E-state index < -0.39 is 0 Å². The highest BCUT2D eigenvalue weighted by Crippen LogP contribution is 2.29. The van der Waals surface area contributed by atoms with Crippen LogP contribution in [-0.4, -0.2) is 26.4 Å². The molecule has 4 nitrogen and oxygen atoms in total. The van der Waals surface area contributed by atoms with Crippen LogP contribution in [-0.2, 0) is 0 Å². The van der Waals surface area contributed by atoms with E-state index in [-0.39, 0.29) is 0 Å². The second kappa shape index (κ2) is 11.2. The number of nitrogens with two attached hydrogens (primary N) is 1. The van der Waals surface area contributed by atoms with Gasteiger partial charge in [-0.1, -0.05) is 47.5 Å². The van der Waals surface area contributed by atoms with E-state index >= 15 is 0 Å². The molecule has 24 heavy (non-hydrogen) atoms. The van der Waals surface area contributed by atoms with Crippen molar-refractivity contribution in [2.24, 2.45) is 23.5 Å². The first kappa shape index (κ1) is 20.6. The Labute approximate surface area is 147 Å². The van der Waals surface area contributed by atoms with E-state index in [9.17, 15) is 0 Å². The van der Waals surface area contributed by atoms with E-state index in [1.54, 1.807) is 0 Å². The van der Waals surface area contributed by atoms with Crippen molar-refractivity contribution in [1.82, 2.24) is 0 Å². The maximum Gasteiger partial charge on any atom is 0.126 e. The molecule has 0 spiro atoms. The number of hydrogen-bond donors (Lipinski definition) is 1. The van der Waals surface area contributed by atoms with Crippen LogP contribution in [0.4, 0.5) is 0 Å². The fraction of sp³-hybridized carbons (Fsp3) is 0.700. The maximum absolute atomic E-state index is 5.92. The number of ether oxygens (including phenoxy) is 3. The van der Waals surface area contributed by atoms with Crippen molar-refractivity contribution in [3.63, 3.8) is 0 Å². The Bertz CT molecular complexity index is 385. The highest BCUT2D eigenvalue weighted by atomic mass is 16.5. The summed E-state index contributed by atoms with van der Waals surface area (Å²) in [5.74, 6) is 3.74. The van der Waals surface area contributed by atoms with Gasteiger partial charge in [0.05, 0.1) is 19.8 Å². The predicted octanol–water partition coefficient (Wildman–Crippen LogP) is 4.51. The second-order valence-electron chi connectivity index (χ2n) is 6.94. The summed E-state index contributed by atoms with van der Waals surface area (Å²) in [4.78, 5) is 0. The van der Waals surface area contributed by atoms with Gasteiger partial charge in [-0.15, -0.1) is 0 Å². The molecule has 1 aromatic rings. The van der Waals surface area contributed by atoms with Crippen molar-refractivity contribution in [3.05, 3.63) is 18.2 Å². The number of rotatable bonds is 12. The van der Waals surface area contributed by atoms with E-state index in [4.69, 9.17) is 19.9 Å². The molecule has 0 aliphatic carbocycles. The first-order valence-corrected chi connectivity index (χ1v) is 9.21. The lowest BCUT2D eigenvalue weighted by molar-refractivity contribution is 0.234. The minimum Gasteiger partial charge on any atom is -0.493 e. The van der Waals surface area contributed by atoms with E-state index in [2.05, 4.69) is 34.6 Å². The van der Waals surface area contributed by atoms with Crippen molar-refractivity contribution in [2.75, 3.05) is 26.4 Å². The normalized spacial score (nSPS) is 14.8. The summed E-state index contributed by atoms with van der Waals surface area (Å²) in [5, 5.41) is 0. The van der Waals surface area contributed by atoms with E-state index in [1.165, 1.54) is 0 Å². The third kappa shape index (κ3) is 7.91. The lowest BCUT2D eigenvalue weighted by atomic mass is 10.1. The van der Waals surface area contributed by atoms with Crippen molar-refractivity contribution in [1.29, 1.82) is 0 Å². The first-order chi connectivity index (χ1) is 11.5. The monoisotopic (exact) mass is 337 g/mol. The molecule has 0 fully saturated rings.